The summed E-state index contributed by atoms with van der Waals surface area (Å²) in [5, 5.41) is 5.88. The summed E-state index contributed by atoms with van der Waals surface area (Å²) in [5.41, 5.74) is 6.46. The average molecular weight is 356 g/mol. The number of amides is 1. The Morgan fingerprint density at radius 2 is 1.83 bits per heavy atom. The molecule has 0 atom stereocenters. The van der Waals surface area contributed by atoms with Crippen molar-refractivity contribution in [1.29, 1.82) is 0 Å². The number of hydrogen-bond donors (Lipinski definition) is 3. The van der Waals surface area contributed by atoms with Crippen LogP contribution in [0.1, 0.15) is 33.6 Å². The molecule has 1 rings (SSSR count). The molecule has 0 aliphatic rings. The number of anilines is 2. The number of carbonyl (C=O) groups excluding carboxylic acids is 1. The number of unbranched alkanes of at least 4 members (excludes halogenated alkanes) is 1. The molecular formula is C16H28N4O3S. The Labute approximate surface area is 144 Å². The molecule has 8 heteroatoms. The minimum absolute atomic E-state index is 0.152. The molecule has 1 aromatic rings. The molecule has 7 nitrogen and oxygen atoms in total. The number of nitrogens with one attached hydrogen (secondary N) is 2. The molecule has 0 aliphatic carbocycles. The molecule has 0 bridgehead atoms. The summed E-state index contributed by atoms with van der Waals surface area (Å²) in [6.07, 6.45) is 2.01. The number of sulfonamides is 1. The fourth-order valence-electron chi connectivity index (χ4n) is 2.26. The van der Waals surface area contributed by atoms with Crippen LogP contribution in [0, 0.1) is 0 Å². The van der Waals surface area contributed by atoms with E-state index in [1.165, 1.54) is 10.4 Å². The Bertz CT molecular complexity index is 643. The number of nitrogens with two attached hydrogens (primary N) is 1. The van der Waals surface area contributed by atoms with Crippen LogP contribution in [0.15, 0.2) is 23.1 Å². The van der Waals surface area contributed by atoms with Gasteiger partial charge in [0.25, 0.3) is 0 Å². The molecule has 0 aliphatic heterocycles. The summed E-state index contributed by atoms with van der Waals surface area (Å²) < 4.78 is 26.7. The molecule has 0 saturated carbocycles. The van der Waals surface area contributed by atoms with E-state index in [0.29, 0.717) is 24.5 Å². The molecule has 1 aromatic carbocycles. The Balaban J connectivity index is 3.21. The van der Waals surface area contributed by atoms with Crippen LogP contribution in [-0.4, -0.2) is 44.8 Å². The van der Waals surface area contributed by atoms with Crippen molar-refractivity contribution in [2.75, 3.05) is 36.8 Å². The first kappa shape index (κ1) is 20.4. The second-order valence-corrected chi connectivity index (χ2v) is 7.27. The van der Waals surface area contributed by atoms with Gasteiger partial charge < -0.3 is 16.4 Å². The lowest BCUT2D eigenvalue weighted by atomic mass is 10.2. The zero-order valence-corrected chi connectivity index (χ0v) is 15.4. The molecule has 0 saturated heterocycles. The van der Waals surface area contributed by atoms with Gasteiger partial charge in [0.1, 0.15) is 0 Å². The van der Waals surface area contributed by atoms with Crippen LogP contribution in [0.4, 0.5) is 11.4 Å². The zero-order valence-electron chi connectivity index (χ0n) is 14.6. The third-order valence-electron chi connectivity index (χ3n) is 3.64. The topological polar surface area (TPSA) is 105 Å². The van der Waals surface area contributed by atoms with Crippen LogP contribution in [0.25, 0.3) is 0 Å². The maximum absolute atomic E-state index is 12.6. The number of carbonyl (C=O) groups is 1. The van der Waals surface area contributed by atoms with Crippen LogP contribution < -0.4 is 16.4 Å². The molecule has 0 aromatic heterocycles. The van der Waals surface area contributed by atoms with Crippen molar-refractivity contribution in [3.05, 3.63) is 18.2 Å². The fraction of sp³-hybridized carbons (Fsp3) is 0.562. The summed E-state index contributed by atoms with van der Waals surface area (Å²) in [7, 11) is -3.59. The van der Waals surface area contributed by atoms with E-state index in [4.69, 9.17) is 5.73 Å². The van der Waals surface area contributed by atoms with Crippen molar-refractivity contribution < 1.29 is 13.2 Å². The van der Waals surface area contributed by atoms with Gasteiger partial charge in [-0.3, -0.25) is 4.79 Å². The molecule has 0 heterocycles. The summed E-state index contributed by atoms with van der Waals surface area (Å²) >= 11 is 0. The van der Waals surface area contributed by atoms with E-state index in [1.54, 1.807) is 26.0 Å². The second-order valence-electron chi connectivity index (χ2n) is 5.33. The van der Waals surface area contributed by atoms with E-state index < -0.39 is 10.0 Å². The Hall–Kier alpha value is -1.64. The van der Waals surface area contributed by atoms with Crippen molar-refractivity contribution >= 4 is 27.3 Å². The third-order valence-corrected chi connectivity index (χ3v) is 5.69. The standard InChI is InChI=1S/C16H28N4O3S/c1-4-7-10-18-14-9-8-13(11-15(14)19-16(21)12-17)24(22,23)20(5-2)6-3/h8-9,11,18H,4-7,10,12,17H2,1-3H3,(H,19,21). The van der Waals surface area contributed by atoms with Crippen LogP contribution >= 0.6 is 0 Å². The highest BCUT2D eigenvalue weighted by Crippen LogP contribution is 2.27. The normalized spacial score (nSPS) is 11.5. The first-order valence-corrected chi connectivity index (χ1v) is 9.72. The fourth-order valence-corrected chi connectivity index (χ4v) is 3.74. The molecule has 136 valence electrons. The lowest BCUT2D eigenvalue weighted by Gasteiger charge is -2.20. The molecule has 0 radical (unpaired) electrons. The monoisotopic (exact) mass is 356 g/mol. The van der Waals surface area contributed by atoms with Gasteiger partial charge in [0.05, 0.1) is 22.8 Å². The van der Waals surface area contributed by atoms with Gasteiger partial charge in [0.15, 0.2) is 0 Å². The van der Waals surface area contributed by atoms with Gasteiger partial charge in [-0.05, 0) is 24.6 Å². The van der Waals surface area contributed by atoms with Gasteiger partial charge in [0, 0.05) is 19.6 Å². The number of nitrogens with zero attached hydrogens (tertiary/aromatic N) is 1. The molecule has 1 amide bonds. The molecule has 0 spiro atoms. The molecule has 0 unspecified atom stereocenters. The van der Waals surface area contributed by atoms with E-state index in [0.717, 1.165) is 19.4 Å². The second kappa shape index (κ2) is 9.61. The van der Waals surface area contributed by atoms with Crippen molar-refractivity contribution in [3.8, 4) is 0 Å². The third kappa shape index (κ3) is 5.19. The number of hydrogen-bond acceptors (Lipinski definition) is 5. The van der Waals surface area contributed by atoms with Gasteiger partial charge in [-0.25, -0.2) is 8.42 Å². The Morgan fingerprint density at radius 1 is 1.17 bits per heavy atom. The first-order chi connectivity index (χ1) is 11.4. The van der Waals surface area contributed by atoms with Crippen LogP contribution in [0.2, 0.25) is 0 Å². The van der Waals surface area contributed by atoms with Gasteiger partial charge >= 0.3 is 0 Å². The molecule has 24 heavy (non-hydrogen) atoms. The largest absolute Gasteiger partial charge is 0.383 e. The van der Waals surface area contributed by atoms with E-state index in [2.05, 4.69) is 17.6 Å². The lowest BCUT2D eigenvalue weighted by molar-refractivity contribution is -0.114. The molecule has 0 fully saturated rings. The van der Waals surface area contributed by atoms with E-state index in [9.17, 15) is 13.2 Å². The van der Waals surface area contributed by atoms with Crippen molar-refractivity contribution in [2.24, 2.45) is 5.73 Å². The number of benzene rings is 1. The van der Waals surface area contributed by atoms with E-state index >= 15 is 0 Å². The first-order valence-electron chi connectivity index (χ1n) is 8.28. The maximum Gasteiger partial charge on any atom is 0.243 e. The predicted octanol–water partition coefficient (Wildman–Crippen LogP) is 1.83. The smallest absolute Gasteiger partial charge is 0.243 e. The Morgan fingerprint density at radius 3 is 2.38 bits per heavy atom. The zero-order chi connectivity index (χ0) is 18.2. The van der Waals surface area contributed by atoms with Gasteiger partial charge in [-0.1, -0.05) is 27.2 Å². The van der Waals surface area contributed by atoms with Crippen LogP contribution in [-0.2, 0) is 14.8 Å². The number of rotatable bonds is 10. The van der Waals surface area contributed by atoms with Gasteiger partial charge in [-0.2, -0.15) is 4.31 Å². The SMILES string of the molecule is CCCCNc1ccc(S(=O)(=O)N(CC)CC)cc1NC(=O)CN. The van der Waals surface area contributed by atoms with Crippen molar-refractivity contribution in [2.45, 2.75) is 38.5 Å². The Kier molecular flexibility index (Phi) is 8.17. The molecular weight excluding hydrogens is 328 g/mol. The van der Waals surface area contributed by atoms with Gasteiger partial charge in [-0.15, -0.1) is 0 Å². The average Bonchev–Trinajstić information content (AvgIpc) is 2.56. The predicted molar refractivity (Wildman–Crippen MR) is 97.6 cm³/mol. The lowest BCUT2D eigenvalue weighted by Crippen LogP contribution is -2.30. The minimum Gasteiger partial charge on any atom is -0.383 e. The summed E-state index contributed by atoms with van der Waals surface area (Å²) in [6, 6.07) is 4.72. The van der Waals surface area contributed by atoms with E-state index in [1.807, 2.05) is 0 Å². The highest BCUT2D eigenvalue weighted by Gasteiger charge is 2.22. The van der Waals surface area contributed by atoms with E-state index in [-0.39, 0.29) is 17.3 Å². The summed E-state index contributed by atoms with van der Waals surface area (Å²) in [6.45, 7) is 7.02. The van der Waals surface area contributed by atoms with Crippen molar-refractivity contribution in [1.82, 2.24) is 4.31 Å². The summed E-state index contributed by atoms with van der Waals surface area (Å²) in [5.74, 6) is -0.370. The van der Waals surface area contributed by atoms with Crippen molar-refractivity contribution in [3.63, 3.8) is 0 Å². The van der Waals surface area contributed by atoms with Crippen LogP contribution in [0.3, 0.4) is 0 Å². The summed E-state index contributed by atoms with van der Waals surface area (Å²) in [4.78, 5) is 11.8. The minimum atomic E-state index is -3.59. The highest BCUT2D eigenvalue weighted by molar-refractivity contribution is 7.89. The van der Waals surface area contributed by atoms with Gasteiger partial charge in [0.2, 0.25) is 15.9 Å². The van der Waals surface area contributed by atoms with Crippen LogP contribution in [0.5, 0.6) is 0 Å². The molecule has 4 N–H and O–H groups in total. The highest BCUT2D eigenvalue weighted by atomic mass is 32.2. The maximum atomic E-state index is 12.6. The quantitative estimate of drug-likeness (QED) is 0.555.